The summed E-state index contributed by atoms with van der Waals surface area (Å²) < 4.78 is 9.26. The number of carbonyl (C=O) groups excluding carboxylic acids is 2. The Morgan fingerprint density at radius 3 is 2.39 bits per heavy atom. The van der Waals surface area contributed by atoms with Crippen LogP contribution in [0.4, 0.5) is 10.6 Å². The third-order valence-electron chi connectivity index (χ3n) is 2.20. The molecule has 1 amide bonds. The van der Waals surface area contributed by atoms with Crippen molar-refractivity contribution < 1.29 is 19.1 Å². The van der Waals surface area contributed by atoms with Crippen LogP contribution in [0.25, 0.3) is 0 Å². The number of ether oxygens (including phenoxy) is 2. The summed E-state index contributed by atoms with van der Waals surface area (Å²) in [6, 6.07) is 0. The Bertz CT molecular complexity index is 475. The van der Waals surface area contributed by atoms with Gasteiger partial charge >= 0.3 is 6.09 Å². The number of nitrogens with zero attached hydrogens (tertiary/aromatic N) is 2. The summed E-state index contributed by atoms with van der Waals surface area (Å²) in [5.41, 5.74) is 0.355. The van der Waals surface area contributed by atoms with E-state index >= 15 is 0 Å². The van der Waals surface area contributed by atoms with Gasteiger partial charge in [-0.1, -0.05) is 0 Å². The molecule has 0 aromatic carbocycles. The molecule has 130 valence electrons. The number of hydrogen-bond acceptors (Lipinski definition) is 7. The van der Waals surface area contributed by atoms with Gasteiger partial charge in [-0.2, -0.15) is 0 Å². The second-order valence-electron chi connectivity index (χ2n) is 5.40. The lowest BCUT2D eigenvalue weighted by Gasteiger charge is -2.19. The molecule has 0 atom stereocenters. The van der Waals surface area contributed by atoms with Crippen LogP contribution in [0, 0.1) is 6.92 Å². The highest BCUT2D eigenvalue weighted by Crippen LogP contribution is 2.06. The van der Waals surface area contributed by atoms with E-state index in [9.17, 15) is 9.59 Å². The smallest absolute Gasteiger partial charge is 0.407 e. The highest BCUT2D eigenvalue weighted by molar-refractivity contribution is 5.67. The summed E-state index contributed by atoms with van der Waals surface area (Å²) in [6.45, 7) is 11.0. The van der Waals surface area contributed by atoms with Crippen LogP contribution >= 0.6 is 0 Å². The molecule has 0 fully saturated rings. The lowest BCUT2D eigenvalue weighted by atomic mass is 10.2. The van der Waals surface area contributed by atoms with Gasteiger partial charge in [0.1, 0.15) is 11.4 Å². The van der Waals surface area contributed by atoms with E-state index in [0.29, 0.717) is 26.2 Å². The average Bonchev–Trinajstić information content (AvgIpc) is 2.45. The molecule has 1 aromatic rings. The maximum atomic E-state index is 11.3. The maximum absolute atomic E-state index is 11.3. The molecule has 0 spiro atoms. The number of hydrogen-bond donors (Lipinski definition) is 2. The van der Waals surface area contributed by atoms with Crippen molar-refractivity contribution in [3.63, 3.8) is 0 Å². The van der Waals surface area contributed by atoms with Crippen LogP contribution in [0.15, 0.2) is 12.4 Å². The van der Waals surface area contributed by atoms with Crippen LogP contribution in [-0.2, 0) is 14.3 Å². The number of carbonyl (C=O) groups is 2. The van der Waals surface area contributed by atoms with E-state index in [1.54, 1.807) is 19.3 Å². The number of aromatic nitrogens is 2. The monoisotopic (exact) mass is 326 g/mol. The van der Waals surface area contributed by atoms with E-state index in [4.69, 9.17) is 4.74 Å². The zero-order valence-electron chi connectivity index (χ0n) is 14.4. The topological polar surface area (TPSA) is 102 Å². The zero-order chi connectivity index (χ0) is 17.7. The predicted octanol–water partition coefficient (Wildman–Crippen LogP) is 1.90. The Labute approximate surface area is 137 Å². The summed E-state index contributed by atoms with van der Waals surface area (Å²) in [5, 5.41) is 5.74. The first kappa shape index (κ1) is 20.6. The van der Waals surface area contributed by atoms with Crippen LogP contribution in [-0.4, -0.2) is 47.8 Å². The summed E-state index contributed by atoms with van der Waals surface area (Å²) in [7, 11) is 0. The number of anilines is 1. The minimum Gasteiger partial charge on any atom is -0.468 e. The molecule has 0 aliphatic rings. The molecule has 23 heavy (non-hydrogen) atoms. The fourth-order valence-electron chi connectivity index (χ4n) is 1.31. The normalized spacial score (nSPS) is 9.96. The fourth-order valence-corrected chi connectivity index (χ4v) is 1.31. The standard InChI is InChI=1S/C12H20N4O2.C3H6O2/c1-9-10(14-6-5-13-9)15-7-8-16-11(17)18-12(2,3)4;1-2-5-3-4/h5-6H,7-8H2,1-4H3,(H,14,15)(H,16,17);3H,2H2,1H3. The van der Waals surface area contributed by atoms with E-state index in [0.717, 1.165) is 11.5 Å². The summed E-state index contributed by atoms with van der Waals surface area (Å²) in [6.07, 6.45) is 2.84. The van der Waals surface area contributed by atoms with Gasteiger partial charge in [0.25, 0.3) is 6.47 Å². The summed E-state index contributed by atoms with van der Waals surface area (Å²) in [5.74, 6) is 0.725. The van der Waals surface area contributed by atoms with Crippen LogP contribution in [0.5, 0.6) is 0 Å². The summed E-state index contributed by atoms with van der Waals surface area (Å²) >= 11 is 0. The highest BCUT2D eigenvalue weighted by Gasteiger charge is 2.15. The molecule has 0 radical (unpaired) electrons. The van der Waals surface area contributed by atoms with Crippen molar-refractivity contribution in [2.45, 2.75) is 40.2 Å². The first-order valence-electron chi connectivity index (χ1n) is 7.33. The molecule has 8 heteroatoms. The quantitative estimate of drug-likeness (QED) is 0.608. The lowest BCUT2D eigenvalue weighted by Crippen LogP contribution is -2.35. The summed E-state index contributed by atoms with van der Waals surface area (Å²) in [4.78, 5) is 28.8. The van der Waals surface area contributed by atoms with Gasteiger partial charge in [0.2, 0.25) is 0 Å². The lowest BCUT2D eigenvalue weighted by molar-refractivity contribution is -0.128. The Balaban J connectivity index is 0.000000841. The molecule has 1 aromatic heterocycles. The first-order valence-corrected chi connectivity index (χ1v) is 7.33. The molecule has 0 unspecified atom stereocenters. The van der Waals surface area contributed by atoms with Gasteiger partial charge in [-0.05, 0) is 34.6 Å². The Hall–Kier alpha value is -2.38. The Morgan fingerprint density at radius 2 is 1.91 bits per heavy atom. The van der Waals surface area contributed by atoms with Crippen molar-refractivity contribution in [2.24, 2.45) is 0 Å². The van der Waals surface area contributed by atoms with Crippen LogP contribution < -0.4 is 10.6 Å². The fraction of sp³-hybridized carbons (Fsp3) is 0.600. The Morgan fingerprint density at radius 1 is 1.26 bits per heavy atom. The van der Waals surface area contributed by atoms with Crippen molar-refractivity contribution in [3.05, 3.63) is 18.1 Å². The van der Waals surface area contributed by atoms with Crippen LogP contribution in [0.1, 0.15) is 33.4 Å². The minimum absolute atomic E-state index is 0.417. The zero-order valence-corrected chi connectivity index (χ0v) is 14.4. The van der Waals surface area contributed by atoms with Gasteiger partial charge in [-0.3, -0.25) is 9.78 Å². The van der Waals surface area contributed by atoms with Gasteiger partial charge in [0.05, 0.1) is 12.3 Å². The minimum atomic E-state index is -0.473. The van der Waals surface area contributed by atoms with E-state index in [2.05, 4.69) is 25.3 Å². The second kappa shape index (κ2) is 11.2. The van der Waals surface area contributed by atoms with E-state index in [1.165, 1.54) is 0 Å². The van der Waals surface area contributed by atoms with Crippen LogP contribution in [0.3, 0.4) is 0 Å². The van der Waals surface area contributed by atoms with Gasteiger partial charge in [0, 0.05) is 25.5 Å². The van der Waals surface area contributed by atoms with Crippen molar-refractivity contribution in [1.29, 1.82) is 0 Å². The second-order valence-corrected chi connectivity index (χ2v) is 5.40. The maximum Gasteiger partial charge on any atom is 0.407 e. The first-order chi connectivity index (χ1) is 10.8. The molecule has 0 saturated heterocycles. The van der Waals surface area contributed by atoms with E-state index in [1.807, 2.05) is 27.7 Å². The van der Waals surface area contributed by atoms with Crippen molar-refractivity contribution >= 4 is 18.4 Å². The van der Waals surface area contributed by atoms with E-state index < -0.39 is 11.7 Å². The number of aryl methyl sites for hydroxylation is 1. The molecule has 0 aliphatic carbocycles. The Kier molecular flexibility index (Phi) is 10.1. The number of nitrogens with one attached hydrogen (secondary N) is 2. The molecular formula is C15H26N4O4. The number of alkyl carbamates (subject to hydrolysis) is 1. The van der Waals surface area contributed by atoms with Gasteiger partial charge in [-0.25, -0.2) is 9.78 Å². The van der Waals surface area contributed by atoms with Gasteiger partial charge in [0.15, 0.2) is 0 Å². The SMILES string of the molecule is CCOC=O.Cc1nccnc1NCCNC(=O)OC(C)(C)C. The third kappa shape index (κ3) is 11.9. The molecule has 1 rings (SSSR count). The third-order valence-corrected chi connectivity index (χ3v) is 2.20. The predicted molar refractivity (Wildman–Crippen MR) is 87.2 cm³/mol. The molecular weight excluding hydrogens is 300 g/mol. The van der Waals surface area contributed by atoms with Gasteiger partial charge in [-0.15, -0.1) is 0 Å². The van der Waals surface area contributed by atoms with Crippen LogP contribution in [0.2, 0.25) is 0 Å². The largest absolute Gasteiger partial charge is 0.468 e. The molecule has 2 N–H and O–H groups in total. The molecule has 8 nitrogen and oxygen atoms in total. The number of amides is 1. The van der Waals surface area contributed by atoms with Crippen molar-refractivity contribution in [1.82, 2.24) is 15.3 Å². The van der Waals surface area contributed by atoms with Crippen molar-refractivity contribution in [3.8, 4) is 0 Å². The highest BCUT2D eigenvalue weighted by atomic mass is 16.6. The number of rotatable bonds is 6. The molecule has 0 aliphatic heterocycles. The molecule has 1 heterocycles. The molecule has 0 saturated carbocycles. The van der Waals surface area contributed by atoms with Crippen molar-refractivity contribution in [2.75, 3.05) is 25.0 Å². The van der Waals surface area contributed by atoms with E-state index in [-0.39, 0.29) is 0 Å². The molecule has 0 bridgehead atoms. The van der Waals surface area contributed by atoms with Gasteiger partial charge < -0.3 is 20.1 Å². The average molecular weight is 326 g/mol.